The maximum absolute atomic E-state index is 11.9. The average molecular weight is 332 g/mol. The Labute approximate surface area is 137 Å². The first-order valence-corrected chi connectivity index (χ1v) is 7.91. The van der Waals surface area contributed by atoms with Crippen molar-refractivity contribution < 1.29 is 14.7 Å². The highest BCUT2D eigenvalue weighted by molar-refractivity contribution is 7.16. The first-order chi connectivity index (χ1) is 11.0. The van der Waals surface area contributed by atoms with E-state index in [2.05, 4.69) is 20.5 Å². The number of benzene rings is 1. The molecule has 3 N–H and O–H groups in total. The zero-order chi connectivity index (χ0) is 16.4. The Hall–Kier alpha value is -2.45. The second-order valence-electron chi connectivity index (χ2n) is 5.33. The Morgan fingerprint density at radius 3 is 2.65 bits per heavy atom. The van der Waals surface area contributed by atoms with Crippen LogP contribution in [-0.2, 0) is 22.6 Å². The number of thiazole rings is 1. The van der Waals surface area contributed by atoms with Crippen LogP contribution in [0.25, 0.3) is 0 Å². The lowest BCUT2D eigenvalue weighted by Crippen LogP contribution is -2.29. The number of carbonyl (C=O) groups is 2. The van der Waals surface area contributed by atoms with Gasteiger partial charge in [0.25, 0.3) is 0 Å². The van der Waals surface area contributed by atoms with Gasteiger partial charge in [-0.1, -0.05) is 0 Å². The second-order valence-corrected chi connectivity index (χ2v) is 6.42. The van der Waals surface area contributed by atoms with E-state index in [4.69, 9.17) is 0 Å². The van der Waals surface area contributed by atoms with Crippen LogP contribution in [0.2, 0.25) is 0 Å². The van der Waals surface area contributed by atoms with E-state index in [0.29, 0.717) is 10.8 Å². The molecule has 0 aliphatic carbocycles. The number of amides is 2. The van der Waals surface area contributed by atoms with Crippen molar-refractivity contribution in [2.75, 3.05) is 24.2 Å². The Bertz CT molecular complexity index is 742. The van der Waals surface area contributed by atoms with Crippen molar-refractivity contribution in [3.63, 3.8) is 0 Å². The third-order valence-electron chi connectivity index (χ3n) is 3.47. The van der Waals surface area contributed by atoms with Gasteiger partial charge in [-0.05, 0) is 31.3 Å². The third-order valence-corrected chi connectivity index (χ3v) is 4.47. The van der Waals surface area contributed by atoms with Crippen LogP contribution < -0.4 is 10.6 Å². The Morgan fingerprint density at radius 1 is 1.22 bits per heavy atom. The SMILES string of the molecule is CN1CCc2nc(NC(=O)C(=O)Nc3ccc(O)cc3)sc2C1. The van der Waals surface area contributed by atoms with E-state index in [9.17, 15) is 14.7 Å². The van der Waals surface area contributed by atoms with Crippen LogP contribution in [0.3, 0.4) is 0 Å². The number of rotatable bonds is 2. The summed E-state index contributed by atoms with van der Waals surface area (Å²) in [5.41, 5.74) is 1.42. The molecular formula is C15H16N4O3S. The fourth-order valence-corrected chi connectivity index (χ4v) is 3.35. The highest BCUT2D eigenvalue weighted by atomic mass is 32.1. The molecule has 1 aromatic heterocycles. The van der Waals surface area contributed by atoms with Crippen molar-refractivity contribution in [3.05, 3.63) is 34.8 Å². The minimum absolute atomic E-state index is 0.0887. The van der Waals surface area contributed by atoms with Gasteiger partial charge in [0.15, 0.2) is 5.13 Å². The van der Waals surface area contributed by atoms with Gasteiger partial charge in [-0.15, -0.1) is 11.3 Å². The van der Waals surface area contributed by atoms with Gasteiger partial charge < -0.3 is 15.3 Å². The van der Waals surface area contributed by atoms with E-state index in [-0.39, 0.29) is 5.75 Å². The van der Waals surface area contributed by atoms with Crippen LogP contribution >= 0.6 is 11.3 Å². The third kappa shape index (κ3) is 3.66. The number of nitrogens with one attached hydrogen (secondary N) is 2. The Kier molecular flexibility index (Phi) is 4.26. The standard InChI is InChI=1S/C15H16N4O3S/c1-19-7-6-11-12(8-19)23-15(17-11)18-14(22)13(21)16-9-2-4-10(20)5-3-9/h2-5,20H,6-8H2,1H3,(H,16,21)(H,17,18,22). The molecule has 0 saturated heterocycles. The molecule has 23 heavy (non-hydrogen) atoms. The predicted octanol–water partition coefficient (Wildman–Crippen LogP) is 1.41. The molecule has 2 aromatic rings. The molecule has 0 bridgehead atoms. The lowest BCUT2D eigenvalue weighted by atomic mass is 10.2. The summed E-state index contributed by atoms with van der Waals surface area (Å²) in [5.74, 6) is -1.45. The fraction of sp³-hybridized carbons (Fsp3) is 0.267. The zero-order valence-corrected chi connectivity index (χ0v) is 13.3. The molecule has 3 rings (SSSR count). The number of likely N-dealkylation sites (N-methyl/N-ethyl adjacent to an activating group) is 1. The molecule has 7 nitrogen and oxygen atoms in total. The number of fused-ring (bicyclic) bond motifs is 1. The average Bonchev–Trinajstić information content (AvgIpc) is 2.90. The monoisotopic (exact) mass is 332 g/mol. The minimum Gasteiger partial charge on any atom is -0.508 e. The van der Waals surface area contributed by atoms with E-state index in [0.717, 1.165) is 30.1 Å². The van der Waals surface area contributed by atoms with E-state index in [1.165, 1.54) is 35.6 Å². The molecule has 1 aromatic carbocycles. The van der Waals surface area contributed by atoms with Gasteiger partial charge >= 0.3 is 11.8 Å². The van der Waals surface area contributed by atoms with Crippen molar-refractivity contribution in [1.82, 2.24) is 9.88 Å². The van der Waals surface area contributed by atoms with Crippen LogP contribution in [-0.4, -0.2) is 40.4 Å². The molecule has 0 fully saturated rings. The molecule has 0 spiro atoms. The number of aromatic hydroxyl groups is 1. The van der Waals surface area contributed by atoms with Crippen LogP contribution in [0.1, 0.15) is 10.6 Å². The van der Waals surface area contributed by atoms with Gasteiger partial charge in [-0.2, -0.15) is 0 Å². The first-order valence-electron chi connectivity index (χ1n) is 7.10. The summed E-state index contributed by atoms with van der Waals surface area (Å²) < 4.78 is 0. The Balaban J connectivity index is 1.62. The molecule has 1 aliphatic rings. The van der Waals surface area contributed by atoms with Gasteiger partial charge in [0.2, 0.25) is 0 Å². The molecule has 0 atom stereocenters. The van der Waals surface area contributed by atoms with Gasteiger partial charge in [-0.3, -0.25) is 14.9 Å². The lowest BCUT2D eigenvalue weighted by molar-refractivity contribution is -0.132. The largest absolute Gasteiger partial charge is 0.508 e. The molecule has 120 valence electrons. The molecule has 1 aliphatic heterocycles. The lowest BCUT2D eigenvalue weighted by Gasteiger charge is -2.20. The van der Waals surface area contributed by atoms with E-state index in [1.807, 2.05) is 7.05 Å². The summed E-state index contributed by atoms with van der Waals surface area (Å²) in [7, 11) is 2.03. The van der Waals surface area contributed by atoms with Crippen LogP contribution in [0.5, 0.6) is 5.75 Å². The summed E-state index contributed by atoms with van der Waals surface area (Å²) in [6.45, 7) is 1.74. The number of carbonyl (C=O) groups excluding carboxylic acids is 2. The Morgan fingerprint density at radius 2 is 1.91 bits per heavy atom. The van der Waals surface area contributed by atoms with Crippen molar-refractivity contribution in [1.29, 1.82) is 0 Å². The van der Waals surface area contributed by atoms with Crippen molar-refractivity contribution in [2.24, 2.45) is 0 Å². The van der Waals surface area contributed by atoms with Crippen LogP contribution in [0, 0.1) is 0 Å². The van der Waals surface area contributed by atoms with Gasteiger partial charge in [0.05, 0.1) is 5.69 Å². The van der Waals surface area contributed by atoms with Crippen molar-refractivity contribution in [2.45, 2.75) is 13.0 Å². The maximum atomic E-state index is 11.9. The molecule has 8 heteroatoms. The molecule has 0 saturated carbocycles. The summed E-state index contributed by atoms with van der Waals surface area (Å²) in [6, 6.07) is 5.88. The number of hydrogen-bond acceptors (Lipinski definition) is 6. The van der Waals surface area contributed by atoms with Crippen molar-refractivity contribution in [3.8, 4) is 5.75 Å². The summed E-state index contributed by atoms with van der Waals surface area (Å²) in [4.78, 5) is 31.5. The van der Waals surface area contributed by atoms with Crippen LogP contribution in [0.4, 0.5) is 10.8 Å². The number of phenols is 1. The van der Waals surface area contributed by atoms with Gasteiger partial charge in [0, 0.05) is 30.1 Å². The number of nitrogens with zero attached hydrogens (tertiary/aromatic N) is 2. The minimum atomic E-state index is -0.777. The predicted molar refractivity (Wildman–Crippen MR) is 87.5 cm³/mol. The van der Waals surface area contributed by atoms with Crippen molar-refractivity contribution >= 4 is 34.0 Å². The summed E-state index contributed by atoms with van der Waals surface area (Å²) in [6.07, 6.45) is 0.845. The second kappa shape index (κ2) is 6.35. The van der Waals surface area contributed by atoms with E-state index >= 15 is 0 Å². The molecule has 2 heterocycles. The smallest absolute Gasteiger partial charge is 0.315 e. The van der Waals surface area contributed by atoms with Crippen LogP contribution in [0.15, 0.2) is 24.3 Å². The molecule has 0 radical (unpaired) electrons. The number of aromatic nitrogens is 1. The highest BCUT2D eigenvalue weighted by Gasteiger charge is 2.21. The number of hydrogen-bond donors (Lipinski definition) is 3. The summed E-state index contributed by atoms with van der Waals surface area (Å²) >= 11 is 1.40. The highest BCUT2D eigenvalue weighted by Crippen LogP contribution is 2.27. The quantitative estimate of drug-likeness (QED) is 0.571. The van der Waals surface area contributed by atoms with Gasteiger partial charge in [0.1, 0.15) is 5.75 Å². The number of phenolic OH excluding ortho intramolecular Hbond substituents is 1. The van der Waals surface area contributed by atoms with E-state index in [1.54, 1.807) is 0 Å². The molecule has 2 amide bonds. The number of anilines is 2. The van der Waals surface area contributed by atoms with Gasteiger partial charge in [-0.25, -0.2) is 4.98 Å². The topological polar surface area (TPSA) is 94.6 Å². The normalized spacial score (nSPS) is 14.1. The summed E-state index contributed by atoms with van der Waals surface area (Å²) in [5, 5.41) is 14.6. The first kappa shape index (κ1) is 15.4. The van der Waals surface area contributed by atoms with E-state index < -0.39 is 11.8 Å². The molecule has 0 unspecified atom stereocenters. The molecular weight excluding hydrogens is 316 g/mol. The fourth-order valence-electron chi connectivity index (χ4n) is 2.26. The zero-order valence-electron chi connectivity index (χ0n) is 12.5. The maximum Gasteiger partial charge on any atom is 0.315 e.